The number of carbonyl (C=O) groups excluding carboxylic acids is 2. The molecule has 0 radical (unpaired) electrons. The van der Waals surface area contributed by atoms with Crippen LogP contribution in [0, 0.1) is 24.2 Å². The maximum absolute atomic E-state index is 13.6. The van der Waals surface area contributed by atoms with E-state index in [-0.39, 0.29) is 29.1 Å². The molecule has 0 bridgehead atoms. The van der Waals surface area contributed by atoms with Gasteiger partial charge in [-0.15, -0.1) is 0 Å². The summed E-state index contributed by atoms with van der Waals surface area (Å²) >= 11 is 0. The van der Waals surface area contributed by atoms with Crippen LogP contribution in [0.2, 0.25) is 0 Å². The summed E-state index contributed by atoms with van der Waals surface area (Å²) in [4.78, 5) is 28.9. The minimum Gasteiger partial charge on any atom is -0.331 e. The molecule has 4 heteroatoms. The summed E-state index contributed by atoms with van der Waals surface area (Å²) in [6, 6.07) is 7.83. The molecule has 2 amide bonds. The molecule has 0 aliphatic heterocycles. The third-order valence-electron chi connectivity index (χ3n) is 7.16. The zero-order valence-corrected chi connectivity index (χ0v) is 18.8. The van der Waals surface area contributed by atoms with Gasteiger partial charge in [0, 0.05) is 12.7 Å². The van der Waals surface area contributed by atoms with E-state index in [0.29, 0.717) is 0 Å². The van der Waals surface area contributed by atoms with E-state index in [1.54, 1.807) is 4.90 Å². The van der Waals surface area contributed by atoms with E-state index >= 15 is 0 Å². The lowest BCUT2D eigenvalue weighted by molar-refractivity contribution is -0.147. The van der Waals surface area contributed by atoms with Gasteiger partial charge >= 0.3 is 0 Å². The van der Waals surface area contributed by atoms with Crippen molar-refractivity contribution in [3.63, 3.8) is 0 Å². The highest BCUT2D eigenvalue weighted by atomic mass is 16.2. The minimum absolute atomic E-state index is 0.0421. The number of hydrogen-bond donors (Lipinski definition) is 1. The van der Waals surface area contributed by atoms with E-state index < -0.39 is 5.54 Å². The first-order chi connectivity index (χ1) is 13.6. The second kappa shape index (κ2) is 7.97. The number of likely N-dealkylation sites (N-methyl/N-ethyl adjacent to an activating group) is 1. The Morgan fingerprint density at radius 2 is 1.72 bits per heavy atom. The van der Waals surface area contributed by atoms with Crippen molar-refractivity contribution in [2.45, 2.75) is 72.3 Å². The number of nitrogens with zero attached hydrogens (tertiary/aromatic N) is 1. The van der Waals surface area contributed by atoms with Crippen LogP contribution in [0.3, 0.4) is 0 Å². The van der Waals surface area contributed by atoms with Crippen LogP contribution in [0.1, 0.15) is 65.4 Å². The molecule has 2 aliphatic rings. The van der Waals surface area contributed by atoms with Crippen LogP contribution in [0.25, 0.3) is 0 Å². The zero-order chi connectivity index (χ0) is 21.4. The lowest BCUT2D eigenvalue weighted by atomic mass is 9.79. The van der Waals surface area contributed by atoms with Gasteiger partial charge in [-0.2, -0.15) is 0 Å². The predicted molar refractivity (Wildman–Crippen MR) is 119 cm³/mol. The molecule has 0 unspecified atom stereocenters. The van der Waals surface area contributed by atoms with E-state index in [1.807, 2.05) is 38.2 Å². The summed E-state index contributed by atoms with van der Waals surface area (Å²) in [5.41, 5.74) is 2.30. The molecule has 0 saturated heterocycles. The molecule has 3 rings (SSSR count). The molecule has 2 atom stereocenters. The predicted octanol–water partition coefficient (Wildman–Crippen LogP) is 5.33. The highest BCUT2D eigenvalue weighted by molar-refractivity contribution is 6.01. The van der Waals surface area contributed by atoms with Gasteiger partial charge in [0.05, 0.1) is 5.92 Å². The largest absolute Gasteiger partial charge is 0.331 e. The normalized spacial score (nSPS) is 24.3. The van der Waals surface area contributed by atoms with Crippen molar-refractivity contribution in [1.29, 1.82) is 0 Å². The average Bonchev–Trinajstić information content (AvgIpc) is 3.21. The SMILES string of the molecule is CC(C)=C[C@@H]1[C@H](C(=O)N(C)C2(C(=O)Nc3ccccc3C)CCCCC2)C1(C)C. The number of allylic oxidation sites excluding steroid dienone is 2. The molecule has 29 heavy (non-hydrogen) atoms. The fourth-order valence-corrected chi connectivity index (χ4v) is 5.04. The Balaban J connectivity index is 1.86. The lowest BCUT2D eigenvalue weighted by Gasteiger charge is -2.43. The third kappa shape index (κ3) is 3.99. The molecule has 1 N–H and O–H groups in total. The van der Waals surface area contributed by atoms with Crippen LogP contribution in [-0.4, -0.2) is 29.3 Å². The van der Waals surface area contributed by atoms with Gasteiger partial charge in [-0.05, 0) is 56.6 Å². The fraction of sp³-hybridized carbons (Fsp3) is 0.600. The molecule has 2 fully saturated rings. The Labute approximate surface area is 175 Å². The first-order valence-corrected chi connectivity index (χ1v) is 10.9. The second-order valence-electron chi connectivity index (χ2n) is 9.83. The first-order valence-electron chi connectivity index (χ1n) is 10.9. The van der Waals surface area contributed by atoms with Gasteiger partial charge < -0.3 is 10.2 Å². The Morgan fingerprint density at radius 3 is 2.31 bits per heavy atom. The monoisotopic (exact) mass is 396 g/mol. The van der Waals surface area contributed by atoms with Crippen molar-refractivity contribution in [1.82, 2.24) is 4.90 Å². The van der Waals surface area contributed by atoms with Crippen molar-refractivity contribution >= 4 is 17.5 Å². The number of para-hydroxylation sites is 1. The second-order valence-corrected chi connectivity index (χ2v) is 9.83. The first kappa shape index (κ1) is 21.6. The molecule has 0 spiro atoms. The molecule has 0 aromatic heterocycles. The van der Waals surface area contributed by atoms with Gasteiger partial charge in [0.2, 0.25) is 11.8 Å². The van der Waals surface area contributed by atoms with E-state index in [9.17, 15) is 9.59 Å². The van der Waals surface area contributed by atoms with Crippen molar-refractivity contribution < 1.29 is 9.59 Å². The van der Waals surface area contributed by atoms with E-state index in [2.05, 4.69) is 39.1 Å². The summed E-state index contributed by atoms with van der Waals surface area (Å²) in [6.07, 6.45) is 6.75. The van der Waals surface area contributed by atoms with Crippen molar-refractivity contribution in [2.24, 2.45) is 17.3 Å². The number of carbonyl (C=O) groups is 2. The Morgan fingerprint density at radius 1 is 1.10 bits per heavy atom. The Kier molecular flexibility index (Phi) is 5.93. The third-order valence-corrected chi connectivity index (χ3v) is 7.16. The van der Waals surface area contributed by atoms with Crippen LogP contribution >= 0.6 is 0 Å². The standard InChI is InChI=1S/C25H36N2O2/c1-17(2)16-19-21(24(19,4)5)22(28)27(6)25(14-10-7-11-15-25)23(29)26-20-13-9-8-12-18(20)3/h8-9,12-13,16,19,21H,7,10-11,14-15H2,1-6H3,(H,26,29)/t19-,21-/m1/s1. The number of anilines is 1. The van der Waals surface area contributed by atoms with Gasteiger partial charge in [-0.1, -0.05) is 63.0 Å². The highest BCUT2D eigenvalue weighted by Crippen LogP contribution is 2.60. The molecule has 0 heterocycles. The summed E-state index contributed by atoms with van der Waals surface area (Å²) < 4.78 is 0. The van der Waals surface area contributed by atoms with Crippen LogP contribution in [0.5, 0.6) is 0 Å². The maximum Gasteiger partial charge on any atom is 0.250 e. The average molecular weight is 397 g/mol. The van der Waals surface area contributed by atoms with Crippen LogP contribution in [-0.2, 0) is 9.59 Å². The molecule has 2 aliphatic carbocycles. The zero-order valence-electron chi connectivity index (χ0n) is 18.8. The minimum atomic E-state index is -0.758. The molecular formula is C25H36N2O2. The van der Waals surface area contributed by atoms with Crippen molar-refractivity contribution in [3.05, 3.63) is 41.5 Å². The summed E-state index contributed by atoms with van der Waals surface area (Å²) in [7, 11) is 1.85. The van der Waals surface area contributed by atoms with Gasteiger partial charge in [0.1, 0.15) is 5.54 Å². The number of rotatable bonds is 5. The number of hydrogen-bond acceptors (Lipinski definition) is 2. The molecule has 2 saturated carbocycles. The van der Waals surface area contributed by atoms with Crippen molar-refractivity contribution in [2.75, 3.05) is 12.4 Å². The van der Waals surface area contributed by atoms with Crippen molar-refractivity contribution in [3.8, 4) is 0 Å². The van der Waals surface area contributed by atoms with Gasteiger partial charge in [-0.25, -0.2) is 0 Å². The summed E-state index contributed by atoms with van der Waals surface area (Å²) in [6.45, 7) is 10.5. The Hall–Kier alpha value is -2.10. The Bertz CT molecular complexity index is 814. The van der Waals surface area contributed by atoms with Gasteiger partial charge in [-0.3, -0.25) is 9.59 Å². The number of nitrogens with one attached hydrogen (secondary N) is 1. The van der Waals surface area contributed by atoms with E-state index in [1.165, 1.54) is 5.57 Å². The van der Waals surface area contributed by atoms with Crippen LogP contribution < -0.4 is 5.32 Å². The van der Waals surface area contributed by atoms with E-state index in [0.717, 1.165) is 43.4 Å². The molecule has 1 aromatic carbocycles. The number of amides is 2. The van der Waals surface area contributed by atoms with E-state index in [4.69, 9.17) is 0 Å². The molecular weight excluding hydrogens is 360 g/mol. The van der Waals surface area contributed by atoms with Crippen LogP contribution in [0.4, 0.5) is 5.69 Å². The number of benzene rings is 1. The topological polar surface area (TPSA) is 49.4 Å². The van der Waals surface area contributed by atoms with Gasteiger partial charge in [0.15, 0.2) is 0 Å². The highest BCUT2D eigenvalue weighted by Gasteiger charge is 2.62. The van der Waals surface area contributed by atoms with Crippen LogP contribution in [0.15, 0.2) is 35.9 Å². The lowest BCUT2D eigenvalue weighted by Crippen LogP contribution is -2.59. The van der Waals surface area contributed by atoms with Gasteiger partial charge in [0.25, 0.3) is 0 Å². The quantitative estimate of drug-likeness (QED) is 0.684. The molecule has 4 nitrogen and oxygen atoms in total. The summed E-state index contributed by atoms with van der Waals surface area (Å²) in [5, 5.41) is 3.14. The fourth-order valence-electron chi connectivity index (χ4n) is 5.04. The molecule has 158 valence electrons. The smallest absolute Gasteiger partial charge is 0.250 e. The summed E-state index contributed by atoms with van der Waals surface area (Å²) in [5.74, 6) is 0.272. The maximum atomic E-state index is 13.6. The molecule has 1 aromatic rings. The number of aryl methyl sites for hydroxylation is 1.